The highest BCUT2D eigenvalue weighted by molar-refractivity contribution is 9.10. The van der Waals surface area contributed by atoms with E-state index in [-0.39, 0.29) is 5.56 Å². The molecule has 3 nitrogen and oxygen atoms in total. The van der Waals surface area contributed by atoms with Crippen LogP contribution in [0.1, 0.15) is 27.0 Å². The largest absolute Gasteiger partial charge is 0.488 e. The SMILES string of the molecule is Cc1cc(C(=O)O)cc(C)c1OCc1ccc(Br)cc1Cl. The summed E-state index contributed by atoms with van der Waals surface area (Å²) in [6, 6.07) is 8.82. The van der Waals surface area contributed by atoms with E-state index in [2.05, 4.69) is 15.9 Å². The van der Waals surface area contributed by atoms with E-state index in [1.807, 2.05) is 32.0 Å². The minimum absolute atomic E-state index is 0.263. The first-order chi connectivity index (χ1) is 9.88. The topological polar surface area (TPSA) is 46.5 Å². The van der Waals surface area contributed by atoms with E-state index < -0.39 is 5.97 Å². The Bertz CT molecular complexity index is 675. The van der Waals surface area contributed by atoms with Gasteiger partial charge in [-0.1, -0.05) is 33.6 Å². The van der Waals surface area contributed by atoms with E-state index in [0.29, 0.717) is 17.4 Å². The number of ether oxygens (including phenoxy) is 1. The predicted molar refractivity (Wildman–Crippen MR) is 86.4 cm³/mol. The number of carbonyl (C=O) groups is 1. The van der Waals surface area contributed by atoms with Gasteiger partial charge in [-0.2, -0.15) is 0 Å². The maximum atomic E-state index is 11.0. The molecule has 0 unspecified atom stereocenters. The van der Waals surface area contributed by atoms with Crippen LogP contribution < -0.4 is 4.74 Å². The molecule has 1 N–H and O–H groups in total. The first kappa shape index (κ1) is 15.9. The van der Waals surface area contributed by atoms with E-state index in [1.165, 1.54) is 0 Å². The normalized spacial score (nSPS) is 10.5. The third kappa shape index (κ3) is 3.77. The summed E-state index contributed by atoms with van der Waals surface area (Å²) < 4.78 is 6.73. The average Bonchev–Trinajstić information content (AvgIpc) is 2.39. The molecule has 0 fully saturated rings. The summed E-state index contributed by atoms with van der Waals surface area (Å²) in [6.07, 6.45) is 0. The maximum Gasteiger partial charge on any atom is 0.335 e. The fourth-order valence-electron chi connectivity index (χ4n) is 2.09. The lowest BCUT2D eigenvalue weighted by Crippen LogP contribution is -2.03. The van der Waals surface area contributed by atoms with Gasteiger partial charge >= 0.3 is 5.97 Å². The first-order valence-electron chi connectivity index (χ1n) is 6.29. The molecule has 0 aliphatic carbocycles. The number of halogens is 2. The van der Waals surface area contributed by atoms with Crippen LogP contribution >= 0.6 is 27.5 Å². The Morgan fingerprint density at radius 1 is 1.24 bits per heavy atom. The summed E-state index contributed by atoms with van der Waals surface area (Å²) in [4.78, 5) is 11.0. The van der Waals surface area contributed by atoms with Crippen LogP contribution in [0.4, 0.5) is 0 Å². The summed E-state index contributed by atoms with van der Waals surface area (Å²) >= 11 is 9.51. The molecule has 0 saturated carbocycles. The zero-order valence-electron chi connectivity index (χ0n) is 11.6. The Labute approximate surface area is 136 Å². The molecule has 2 aromatic rings. The summed E-state index contributed by atoms with van der Waals surface area (Å²) in [5, 5.41) is 9.66. The monoisotopic (exact) mass is 368 g/mol. The molecule has 110 valence electrons. The van der Waals surface area contributed by atoms with Crippen LogP contribution in [0.25, 0.3) is 0 Å². The molecule has 2 rings (SSSR count). The van der Waals surface area contributed by atoms with E-state index >= 15 is 0 Å². The number of hydrogen-bond acceptors (Lipinski definition) is 2. The Balaban J connectivity index is 2.22. The molecule has 0 aliphatic rings. The van der Waals surface area contributed by atoms with Crippen molar-refractivity contribution in [3.8, 4) is 5.75 Å². The highest BCUT2D eigenvalue weighted by Crippen LogP contribution is 2.28. The van der Waals surface area contributed by atoms with Crippen LogP contribution in [-0.4, -0.2) is 11.1 Å². The zero-order chi connectivity index (χ0) is 15.6. The number of aromatic carboxylic acids is 1. The lowest BCUT2D eigenvalue weighted by atomic mass is 10.1. The highest BCUT2D eigenvalue weighted by atomic mass is 79.9. The van der Waals surface area contributed by atoms with Gasteiger partial charge < -0.3 is 9.84 Å². The van der Waals surface area contributed by atoms with Gasteiger partial charge in [0, 0.05) is 15.1 Å². The van der Waals surface area contributed by atoms with Crippen molar-refractivity contribution in [3.63, 3.8) is 0 Å². The third-order valence-corrected chi connectivity index (χ3v) is 3.94. The molecule has 0 aromatic heterocycles. The van der Waals surface area contributed by atoms with Gasteiger partial charge in [0.25, 0.3) is 0 Å². The number of hydrogen-bond donors (Lipinski definition) is 1. The number of aryl methyl sites for hydroxylation is 2. The second kappa shape index (κ2) is 6.50. The van der Waals surface area contributed by atoms with E-state index in [1.54, 1.807) is 12.1 Å². The smallest absolute Gasteiger partial charge is 0.335 e. The second-order valence-corrected chi connectivity index (χ2v) is 6.09. The molecular formula is C16H14BrClO3. The molecule has 21 heavy (non-hydrogen) atoms. The number of carboxylic acid groups (broad SMARTS) is 1. The van der Waals surface area contributed by atoms with Gasteiger partial charge in [0.2, 0.25) is 0 Å². The molecule has 5 heteroatoms. The van der Waals surface area contributed by atoms with Gasteiger partial charge in [0.15, 0.2) is 0 Å². The third-order valence-electron chi connectivity index (χ3n) is 3.09. The van der Waals surface area contributed by atoms with Crippen LogP contribution in [0.3, 0.4) is 0 Å². The van der Waals surface area contributed by atoms with Crippen molar-refractivity contribution in [2.24, 2.45) is 0 Å². The molecule has 0 bridgehead atoms. The van der Waals surface area contributed by atoms with Gasteiger partial charge in [0.05, 0.1) is 5.56 Å². The minimum Gasteiger partial charge on any atom is -0.488 e. The summed E-state index contributed by atoms with van der Waals surface area (Å²) in [7, 11) is 0. The number of rotatable bonds is 4. The lowest BCUT2D eigenvalue weighted by molar-refractivity contribution is 0.0696. The Kier molecular flexibility index (Phi) is 4.91. The molecule has 0 atom stereocenters. The maximum absolute atomic E-state index is 11.0. The fraction of sp³-hybridized carbons (Fsp3) is 0.188. The first-order valence-corrected chi connectivity index (χ1v) is 7.47. The van der Waals surface area contributed by atoms with Crippen molar-refractivity contribution in [1.82, 2.24) is 0 Å². The van der Waals surface area contributed by atoms with Gasteiger partial charge in [-0.15, -0.1) is 0 Å². The van der Waals surface area contributed by atoms with Crippen LogP contribution in [0, 0.1) is 13.8 Å². The second-order valence-electron chi connectivity index (χ2n) is 4.77. The molecule has 0 saturated heterocycles. The van der Waals surface area contributed by atoms with Crippen LogP contribution in [0.15, 0.2) is 34.8 Å². The molecule has 2 aromatic carbocycles. The van der Waals surface area contributed by atoms with Crippen LogP contribution in [0.5, 0.6) is 5.75 Å². The van der Waals surface area contributed by atoms with E-state index in [4.69, 9.17) is 21.4 Å². The Morgan fingerprint density at radius 2 is 1.86 bits per heavy atom. The highest BCUT2D eigenvalue weighted by Gasteiger charge is 2.11. The summed E-state index contributed by atoms with van der Waals surface area (Å²) in [5.41, 5.74) is 2.72. The molecule has 0 heterocycles. The molecular weight excluding hydrogens is 356 g/mol. The molecule has 0 amide bonds. The quantitative estimate of drug-likeness (QED) is 0.825. The fourth-order valence-corrected chi connectivity index (χ4v) is 2.82. The van der Waals surface area contributed by atoms with E-state index in [0.717, 1.165) is 21.2 Å². The minimum atomic E-state index is -0.941. The van der Waals surface area contributed by atoms with Crippen molar-refractivity contribution in [1.29, 1.82) is 0 Å². The predicted octanol–water partition coefficient (Wildman–Crippen LogP) is 5.00. The number of benzene rings is 2. The zero-order valence-corrected chi connectivity index (χ0v) is 14.0. The molecule has 0 radical (unpaired) electrons. The van der Waals surface area contributed by atoms with Crippen LogP contribution in [0.2, 0.25) is 5.02 Å². The van der Waals surface area contributed by atoms with Crippen molar-refractivity contribution in [2.45, 2.75) is 20.5 Å². The molecule has 0 aliphatic heterocycles. The Morgan fingerprint density at radius 3 is 2.38 bits per heavy atom. The van der Waals surface area contributed by atoms with Crippen LogP contribution in [-0.2, 0) is 6.61 Å². The van der Waals surface area contributed by atoms with Crippen molar-refractivity contribution in [3.05, 3.63) is 62.1 Å². The molecule has 0 spiro atoms. The van der Waals surface area contributed by atoms with Gasteiger partial charge in [-0.05, 0) is 49.2 Å². The number of carboxylic acids is 1. The van der Waals surface area contributed by atoms with Gasteiger partial charge in [-0.3, -0.25) is 0 Å². The lowest BCUT2D eigenvalue weighted by Gasteiger charge is -2.14. The summed E-state index contributed by atoms with van der Waals surface area (Å²) in [5.74, 6) is -0.248. The Hall–Kier alpha value is -1.52. The summed E-state index contributed by atoms with van der Waals surface area (Å²) in [6.45, 7) is 4.00. The van der Waals surface area contributed by atoms with Gasteiger partial charge in [-0.25, -0.2) is 4.79 Å². The van der Waals surface area contributed by atoms with Gasteiger partial charge in [0.1, 0.15) is 12.4 Å². The van der Waals surface area contributed by atoms with Crippen molar-refractivity contribution >= 4 is 33.5 Å². The average molecular weight is 370 g/mol. The standard InChI is InChI=1S/C16H14BrClO3/c1-9-5-12(16(19)20)6-10(2)15(9)21-8-11-3-4-13(17)7-14(11)18/h3-7H,8H2,1-2H3,(H,19,20). The van der Waals surface area contributed by atoms with E-state index in [9.17, 15) is 4.79 Å². The van der Waals surface area contributed by atoms with Crippen molar-refractivity contribution in [2.75, 3.05) is 0 Å². The van der Waals surface area contributed by atoms with Crippen molar-refractivity contribution < 1.29 is 14.6 Å².